The average molecular weight is 366 g/mol. The van der Waals surface area contributed by atoms with Crippen LogP contribution in [0.15, 0.2) is 22.7 Å². The predicted molar refractivity (Wildman–Crippen MR) is 83.9 cm³/mol. The minimum absolute atomic E-state index is 0. The van der Waals surface area contributed by atoms with E-state index >= 15 is 0 Å². The molecule has 1 atom stereocenters. The van der Waals surface area contributed by atoms with Crippen LogP contribution in [-0.4, -0.2) is 25.5 Å². The molecule has 2 rings (SSSR count). The van der Waals surface area contributed by atoms with Gasteiger partial charge in [-0.25, -0.2) is 4.39 Å². The molecule has 0 spiro atoms. The molecule has 112 valence electrons. The van der Waals surface area contributed by atoms with E-state index in [2.05, 4.69) is 33.5 Å². The number of amides is 1. The van der Waals surface area contributed by atoms with Crippen molar-refractivity contribution in [2.75, 3.05) is 19.6 Å². The highest BCUT2D eigenvalue weighted by molar-refractivity contribution is 9.10. The van der Waals surface area contributed by atoms with E-state index in [9.17, 15) is 9.18 Å². The number of hydrogen-bond donors (Lipinski definition) is 2. The van der Waals surface area contributed by atoms with Crippen molar-refractivity contribution in [1.82, 2.24) is 10.6 Å². The third-order valence-corrected chi connectivity index (χ3v) is 4.03. The molecule has 6 heteroatoms. The van der Waals surface area contributed by atoms with E-state index in [0.29, 0.717) is 11.0 Å². The average Bonchev–Trinajstić information content (AvgIpc) is 2.37. The van der Waals surface area contributed by atoms with Gasteiger partial charge >= 0.3 is 0 Å². The topological polar surface area (TPSA) is 41.1 Å². The Labute approximate surface area is 133 Å². The molecule has 3 nitrogen and oxygen atoms in total. The van der Waals surface area contributed by atoms with E-state index in [-0.39, 0.29) is 29.3 Å². The summed E-state index contributed by atoms with van der Waals surface area (Å²) in [5.41, 5.74) is 0.148. The van der Waals surface area contributed by atoms with Gasteiger partial charge in [0.15, 0.2) is 0 Å². The molecule has 1 amide bonds. The molecule has 0 saturated carbocycles. The summed E-state index contributed by atoms with van der Waals surface area (Å²) in [6.07, 6.45) is 2.18. The fourth-order valence-electron chi connectivity index (χ4n) is 2.33. The van der Waals surface area contributed by atoms with Crippen molar-refractivity contribution < 1.29 is 9.18 Å². The van der Waals surface area contributed by atoms with Crippen LogP contribution in [0.5, 0.6) is 0 Å². The second-order valence-corrected chi connectivity index (χ2v) is 6.31. The Hall–Kier alpha value is -0.650. The Morgan fingerprint density at radius 2 is 2.30 bits per heavy atom. The van der Waals surface area contributed by atoms with Gasteiger partial charge in [-0.3, -0.25) is 4.79 Å². The molecule has 1 fully saturated rings. The van der Waals surface area contributed by atoms with Crippen LogP contribution in [-0.2, 0) is 0 Å². The number of piperidine rings is 1. The highest BCUT2D eigenvalue weighted by atomic mass is 79.9. The molecule has 1 aliphatic rings. The van der Waals surface area contributed by atoms with Gasteiger partial charge in [-0.15, -0.1) is 12.4 Å². The van der Waals surface area contributed by atoms with Gasteiger partial charge < -0.3 is 10.6 Å². The summed E-state index contributed by atoms with van der Waals surface area (Å²) < 4.78 is 14.3. The second-order valence-electron chi connectivity index (χ2n) is 5.40. The lowest BCUT2D eigenvalue weighted by molar-refractivity contribution is 0.0920. The Morgan fingerprint density at radius 1 is 1.55 bits per heavy atom. The Kier molecular flexibility index (Phi) is 6.43. The first kappa shape index (κ1) is 17.4. The first-order valence-electron chi connectivity index (χ1n) is 6.44. The predicted octanol–water partition coefficient (Wildman–Crippen LogP) is 3.13. The number of halogens is 3. The molecule has 2 N–H and O–H groups in total. The van der Waals surface area contributed by atoms with Gasteiger partial charge in [0.25, 0.3) is 5.91 Å². The number of carbonyl (C=O) groups is 1. The van der Waals surface area contributed by atoms with E-state index in [4.69, 9.17) is 0 Å². The molecule has 0 aliphatic carbocycles. The monoisotopic (exact) mass is 364 g/mol. The van der Waals surface area contributed by atoms with Crippen LogP contribution < -0.4 is 10.6 Å². The summed E-state index contributed by atoms with van der Waals surface area (Å²) in [7, 11) is 0. The lowest BCUT2D eigenvalue weighted by Gasteiger charge is -2.34. The van der Waals surface area contributed by atoms with Crippen LogP contribution in [0.3, 0.4) is 0 Å². The molecule has 0 aromatic heterocycles. The van der Waals surface area contributed by atoms with Crippen LogP contribution >= 0.6 is 28.3 Å². The first-order chi connectivity index (χ1) is 9.00. The number of nitrogens with one attached hydrogen (secondary N) is 2. The van der Waals surface area contributed by atoms with E-state index < -0.39 is 5.82 Å². The van der Waals surface area contributed by atoms with Crippen LogP contribution in [0.25, 0.3) is 0 Å². The molecule has 1 aliphatic heterocycles. The molecule has 1 heterocycles. The molecule has 1 saturated heterocycles. The lowest BCUT2D eigenvalue weighted by atomic mass is 9.83. The largest absolute Gasteiger partial charge is 0.351 e. The Balaban J connectivity index is 0.00000200. The van der Waals surface area contributed by atoms with Crippen molar-refractivity contribution in [1.29, 1.82) is 0 Å². The van der Waals surface area contributed by atoms with E-state index in [1.807, 2.05) is 0 Å². The second kappa shape index (κ2) is 7.38. The van der Waals surface area contributed by atoms with Crippen LogP contribution in [0.4, 0.5) is 4.39 Å². The summed E-state index contributed by atoms with van der Waals surface area (Å²) in [5, 5.41) is 6.16. The van der Waals surface area contributed by atoms with Gasteiger partial charge in [0.05, 0.1) is 5.56 Å². The van der Waals surface area contributed by atoms with Gasteiger partial charge in [-0.1, -0.05) is 22.9 Å². The smallest absolute Gasteiger partial charge is 0.254 e. The zero-order valence-electron chi connectivity index (χ0n) is 11.3. The fourth-order valence-corrected chi connectivity index (χ4v) is 2.67. The summed E-state index contributed by atoms with van der Waals surface area (Å²) in [6, 6.07) is 4.47. The van der Waals surface area contributed by atoms with Crippen LogP contribution in [0.2, 0.25) is 0 Å². The lowest BCUT2D eigenvalue weighted by Crippen LogP contribution is -2.45. The zero-order valence-corrected chi connectivity index (χ0v) is 13.7. The highest BCUT2D eigenvalue weighted by Crippen LogP contribution is 2.24. The van der Waals surface area contributed by atoms with Crippen molar-refractivity contribution >= 4 is 34.2 Å². The molecule has 1 aromatic rings. The highest BCUT2D eigenvalue weighted by Gasteiger charge is 2.27. The molecule has 1 aromatic carbocycles. The summed E-state index contributed by atoms with van der Waals surface area (Å²) in [4.78, 5) is 12.0. The molecular weight excluding hydrogens is 347 g/mol. The van der Waals surface area contributed by atoms with Crippen molar-refractivity contribution in [3.8, 4) is 0 Å². The Morgan fingerprint density at radius 3 is 2.90 bits per heavy atom. The fraction of sp³-hybridized carbons (Fsp3) is 0.500. The third kappa shape index (κ3) is 4.43. The van der Waals surface area contributed by atoms with Crippen LogP contribution in [0.1, 0.15) is 30.1 Å². The van der Waals surface area contributed by atoms with Gasteiger partial charge in [0.2, 0.25) is 0 Å². The van der Waals surface area contributed by atoms with Crippen molar-refractivity contribution in [3.05, 3.63) is 34.1 Å². The maximum absolute atomic E-state index is 13.7. The standard InChI is InChI=1S/C14H18BrFN2O.ClH/c1-14(5-2-6-17-8-14)9-18-13(19)11-4-3-10(15)7-12(11)16;/h3-4,7,17H,2,5-6,8-9H2,1H3,(H,18,19);1H. The number of hydrogen-bond acceptors (Lipinski definition) is 2. The van der Waals surface area contributed by atoms with Gasteiger partial charge in [-0.05, 0) is 43.0 Å². The SMILES string of the molecule is CC1(CNC(=O)c2ccc(Br)cc2F)CCCNC1.Cl. The number of carbonyl (C=O) groups excluding carboxylic acids is 1. The molecule has 0 bridgehead atoms. The minimum Gasteiger partial charge on any atom is -0.351 e. The summed E-state index contributed by atoms with van der Waals surface area (Å²) in [6.45, 7) is 4.62. The van der Waals surface area contributed by atoms with E-state index in [0.717, 1.165) is 25.9 Å². The summed E-state index contributed by atoms with van der Waals surface area (Å²) >= 11 is 3.18. The van der Waals surface area contributed by atoms with E-state index in [1.165, 1.54) is 12.1 Å². The molecule has 1 unspecified atom stereocenters. The van der Waals surface area contributed by atoms with Gasteiger partial charge in [0.1, 0.15) is 5.82 Å². The van der Waals surface area contributed by atoms with Crippen LogP contribution in [0, 0.1) is 11.2 Å². The van der Waals surface area contributed by atoms with Gasteiger partial charge in [0, 0.05) is 17.6 Å². The minimum atomic E-state index is -0.501. The maximum Gasteiger partial charge on any atom is 0.254 e. The van der Waals surface area contributed by atoms with Crippen molar-refractivity contribution in [2.45, 2.75) is 19.8 Å². The zero-order chi connectivity index (χ0) is 13.9. The van der Waals surface area contributed by atoms with E-state index in [1.54, 1.807) is 6.07 Å². The van der Waals surface area contributed by atoms with Gasteiger partial charge in [-0.2, -0.15) is 0 Å². The maximum atomic E-state index is 13.7. The third-order valence-electron chi connectivity index (χ3n) is 3.54. The quantitative estimate of drug-likeness (QED) is 0.864. The first-order valence-corrected chi connectivity index (χ1v) is 7.23. The van der Waals surface area contributed by atoms with Crippen molar-refractivity contribution in [2.24, 2.45) is 5.41 Å². The number of rotatable bonds is 3. The Bertz CT molecular complexity index is 478. The summed E-state index contributed by atoms with van der Waals surface area (Å²) in [5.74, 6) is -0.851. The van der Waals surface area contributed by atoms with Crippen molar-refractivity contribution in [3.63, 3.8) is 0 Å². The molecule has 20 heavy (non-hydrogen) atoms. The molecule has 0 radical (unpaired) electrons. The number of benzene rings is 1. The molecular formula is C14H19BrClFN2O. The normalized spacial score (nSPS) is 21.9.